The fraction of sp³-hybridized carbons (Fsp3) is 0.364. The molecule has 0 aliphatic carbocycles. The molecule has 136 valence electrons. The van der Waals surface area contributed by atoms with Crippen molar-refractivity contribution >= 4 is 17.5 Å². The van der Waals surface area contributed by atoms with Gasteiger partial charge in [-0.15, -0.1) is 0 Å². The third-order valence-corrected chi connectivity index (χ3v) is 5.02. The number of nitrogens with zero attached hydrogens (tertiary/aromatic N) is 2. The highest BCUT2D eigenvalue weighted by molar-refractivity contribution is 5.95. The minimum absolute atomic E-state index is 0.0537. The van der Waals surface area contributed by atoms with Crippen LogP contribution in [0.1, 0.15) is 25.3 Å². The summed E-state index contributed by atoms with van der Waals surface area (Å²) >= 11 is 0. The zero-order valence-corrected chi connectivity index (χ0v) is 15.3. The number of piperidine rings is 1. The Morgan fingerprint density at radius 3 is 2.35 bits per heavy atom. The van der Waals surface area contributed by atoms with Gasteiger partial charge in [0.15, 0.2) is 0 Å². The smallest absolute Gasteiger partial charge is 0.231 e. The average Bonchev–Trinajstić information content (AvgIpc) is 2.69. The number of carbonyl (C=O) groups excluding carboxylic acids is 2. The summed E-state index contributed by atoms with van der Waals surface area (Å²) in [5.41, 5.74) is 2.14. The number of rotatable bonds is 5. The maximum atomic E-state index is 13.3. The number of hydrogen-bond donors (Lipinski definition) is 0. The fourth-order valence-electron chi connectivity index (χ4n) is 3.55. The van der Waals surface area contributed by atoms with Crippen LogP contribution in [-0.4, -0.2) is 36.3 Å². The summed E-state index contributed by atoms with van der Waals surface area (Å²) < 4.78 is 0. The lowest BCUT2D eigenvalue weighted by Crippen LogP contribution is -2.46. The number of amides is 2. The Hall–Kier alpha value is -2.62. The van der Waals surface area contributed by atoms with Crippen molar-refractivity contribution in [3.05, 3.63) is 66.2 Å². The summed E-state index contributed by atoms with van der Waals surface area (Å²) in [6, 6.07) is 20.1. The largest absolute Gasteiger partial charge is 0.342 e. The normalized spacial score (nSPS) is 17.0. The van der Waals surface area contributed by atoms with Gasteiger partial charge in [-0.1, -0.05) is 48.5 Å². The summed E-state index contributed by atoms with van der Waals surface area (Å²) in [5.74, 6) is 0.0553. The number of anilines is 1. The Labute approximate surface area is 155 Å². The molecule has 2 aromatic rings. The van der Waals surface area contributed by atoms with Crippen molar-refractivity contribution in [2.24, 2.45) is 5.92 Å². The van der Waals surface area contributed by atoms with Gasteiger partial charge in [0, 0.05) is 32.2 Å². The molecule has 0 radical (unpaired) electrons. The molecule has 1 unspecified atom stereocenters. The Kier molecular flexibility index (Phi) is 6.05. The lowest BCUT2D eigenvalue weighted by molar-refractivity contribution is -0.133. The molecule has 4 heteroatoms. The maximum Gasteiger partial charge on any atom is 0.231 e. The van der Waals surface area contributed by atoms with E-state index in [9.17, 15) is 9.59 Å². The molecule has 0 spiro atoms. The number of likely N-dealkylation sites (tertiary alicyclic amines) is 1. The van der Waals surface area contributed by atoms with Gasteiger partial charge in [-0.25, -0.2) is 0 Å². The van der Waals surface area contributed by atoms with E-state index in [0.717, 1.165) is 31.5 Å². The molecule has 0 bridgehead atoms. The van der Waals surface area contributed by atoms with E-state index < -0.39 is 0 Å². The molecule has 2 aromatic carbocycles. The monoisotopic (exact) mass is 350 g/mol. The van der Waals surface area contributed by atoms with E-state index in [2.05, 4.69) is 12.1 Å². The lowest BCUT2D eigenvalue weighted by atomic mass is 9.96. The molecular formula is C22H26N2O2. The van der Waals surface area contributed by atoms with Gasteiger partial charge < -0.3 is 9.80 Å². The van der Waals surface area contributed by atoms with Gasteiger partial charge in [0.25, 0.3) is 0 Å². The van der Waals surface area contributed by atoms with Crippen molar-refractivity contribution in [1.29, 1.82) is 0 Å². The molecule has 1 heterocycles. The lowest BCUT2D eigenvalue weighted by Gasteiger charge is -2.34. The topological polar surface area (TPSA) is 40.6 Å². The van der Waals surface area contributed by atoms with Gasteiger partial charge >= 0.3 is 0 Å². The molecule has 0 N–H and O–H groups in total. The SMILES string of the molecule is CC(=O)N1CCCC(C(=O)N(CCc2ccccc2)c2ccccc2)C1. The first-order chi connectivity index (χ1) is 12.6. The number of hydrogen-bond acceptors (Lipinski definition) is 2. The summed E-state index contributed by atoms with van der Waals surface area (Å²) in [6.45, 7) is 3.51. The Morgan fingerprint density at radius 2 is 1.69 bits per heavy atom. The van der Waals surface area contributed by atoms with Gasteiger partial charge in [0.2, 0.25) is 11.8 Å². The summed E-state index contributed by atoms with van der Waals surface area (Å²) in [5, 5.41) is 0. The summed E-state index contributed by atoms with van der Waals surface area (Å²) in [7, 11) is 0. The second-order valence-electron chi connectivity index (χ2n) is 6.87. The highest BCUT2D eigenvalue weighted by Gasteiger charge is 2.30. The molecule has 1 saturated heterocycles. The van der Waals surface area contributed by atoms with Crippen LogP contribution in [0.3, 0.4) is 0 Å². The highest BCUT2D eigenvalue weighted by atomic mass is 16.2. The Morgan fingerprint density at radius 1 is 1.04 bits per heavy atom. The van der Waals surface area contributed by atoms with Crippen LogP contribution in [0.15, 0.2) is 60.7 Å². The van der Waals surface area contributed by atoms with E-state index in [1.165, 1.54) is 5.56 Å². The standard InChI is InChI=1S/C22H26N2O2/c1-18(25)23-15-8-11-20(17-23)22(26)24(21-12-6-3-7-13-21)16-14-19-9-4-2-5-10-19/h2-7,9-10,12-13,20H,8,11,14-17H2,1H3. The van der Waals surface area contributed by atoms with Crippen LogP contribution in [0.25, 0.3) is 0 Å². The van der Waals surface area contributed by atoms with Crippen molar-refractivity contribution in [2.45, 2.75) is 26.2 Å². The van der Waals surface area contributed by atoms with E-state index in [4.69, 9.17) is 0 Å². The van der Waals surface area contributed by atoms with Crippen LogP contribution < -0.4 is 4.90 Å². The average molecular weight is 350 g/mol. The van der Waals surface area contributed by atoms with Crippen LogP contribution >= 0.6 is 0 Å². The van der Waals surface area contributed by atoms with E-state index in [1.807, 2.05) is 53.4 Å². The zero-order valence-electron chi connectivity index (χ0n) is 15.3. The van der Waals surface area contributed by atoms with Crippen LogP contribution in [0.2, 0.25) is 0 Å². The van der Waals surface area contributed by atoms with Gasteiger partial charge in [0.05, 0.1) is 5.92 Å². The van der Waals surface area contributed by atoms with Gasteiger partial charge in [-0.3, -0.25) is 9.59 Å². The molecule has 0 aromatic heterocycles. The predicted octanol–water partition coefficient (Wildman–Crippen LogP) is 3.52. The number of carbonyl (C=O) groups is 2. The molecule has 3 rings (SSSR count). The summed E-state index contributed by atoms with van der Waals surface area (Å²) in [4.78, 5) is 28.7. The van der Waals surface area contributed by atoms with E-state index >= 15 is 0 Å². The van der Waals surface area contributed by atoms with Gasteiger partial charge in [-0.05, 0) is 37.0 Å². The van der Waals surface area contributed by atoms with E-state index in [1.54, 1.807) is 11.8 Å². The Balaban J connectivity index is 1.76. The Bertz CT molecular complexity index is 730. The zero-order chi connectivity index (χ0) is 18.4. The van der Waals surface area contributed by atoms with Crippen molar-refractivity contribution in [1.82, 2.24) is 4.90 Å². The van der Waals surface area contributed by atoms with Crippen LogP contribution in [0, 0.1) is 5.92 Å². The van der Waals surface area contributed by atoms with Crippen LogP contribution in [0.4, 0.5) is 5.69 Å². The van der Waals surface area contributed by atoms with Crippen LogP contribution in [0.5, 0.6) is 0 Å². The van der Waals surface area contributed by atoms with Crippen molar-refractivity contribution < 1.29 is 9.59 Å². The molecule has 4 nitrogen and oxygen atoms in total. The quantitative estimate of drug-likeness (QED) is 0.828. The molecule has 1 aliphatic heterocycles. The van der Waals surface area contributed by atoms with Gasteiger partial charge in [0.1, 0.15) is 0 Å². The third kappa shape index (κ3) is 4.51. The van der Waals surface area contributed by atoms with Crippen molar-refractivity contribution in [3.63, 3.8) is 0 Å². The molecule has 1 fully saturated rings. The summed E-state index contributed by atoms with van der Waals surface area (Å²) in [6.07, 6.45) is 2.54. The first kappa shape index (κ1) is 18.2. The molecule has 1 aliphatic rings. The maximum absolute atomic E-state index is 13.3. The minimum Gasteiger partial charge on any atom is -0.342 e. The van der Waals surface area contributed by atoms with Gasteiger partial charge in [-0.2, -0.15) is 0 Å². The van der Waals surface area contributed by atoms with E-state index in [0.29, 0.717) is 13.1 Å². The molecule has 1 atom stereocenters. The first-order valence-corrected chi connectivity index (χ1v) is 9.31. The molecule has 2 amide bonds. The molecule has 26 heavy (non-hydrogen) atoms. The minimum atomic E-state index is -0.122. The third-order valence-electron chi connectivity index (χ3n) is 5.02. The van der Waals surface area contributed by atoms with Crippen LogP contribution in [-0.2, 0) is 16.0 Å². The van der Waals surface area contributed by atoms with E-state index in [-0.39, 0.29) is 17.7 Å². The second kappa shape index (κ2) is 8.65. The second-order valence-corrected chi connectivity index (χ2v) is 6.87. The van der Waals surface area contributed by atoms with Crippen molar-refractivity contribution in [2.75, 3.05) is 24.5 Å². The fourth-order valence-corrected chi connectivity index (χ4v) is 3.55. The molecular weight excluding hydrogens is 324 g/mol. The number of para-hydroxylation sites is 1. The highest BCUT2D eigenvalue weighted by Crippen LogP contribution is 2.23. The number of benzene rings is 2. The first-order valence-electron chi connectivity index (χ1n) is 9.31. The molecule has 0 saturated carbocycles. The van der Waals surface area contributed by atoms with Crippen molar-refractivity contribution in [3.8, 4) is 0 Å². The predicted molar refractivity (Wildman–Crippen MR) is 104 cm³/mol.